The Morgan fingerprint density at radius 2 is 2.00 bits per heavy atom. The molecule has 0 atom stereocenters. The number of piperazine rings is 1. The van der Waals surface area contributed by atoms with Crippen molar-refractivity contribution in [1.82, 2.24) is 4.90 Å². The first-order valence-electron chi connectivity index (χ1n) is 6.70. The molecule has 0 bridgehead atoms. The van der Waals surface area contributed by atoms with Crippen molar-refractivity contribution < 1.29 is 4.79 Å². The molecule has 1 fully saturated rings. The zero-order valence-corrected chi connectivity index (χ0v) is 12.2. The highest BCUT2D eigenvalue weighted by molar-refractivity contribution is 5.90. The number of amides is 1. The Hall–Kier alpha value is -1.55. The Kier molecular flexibility index (Phi) is 3.54. The first kappa shape index (κ1) is 13.9. The first-order chi connectivity index (χ1) is 8.87. The van der Waals surface area contributed by atoms with Crippen LogP contribution in [0.25, 0.3) is 0 Å². The predicted octanol–water partition coefficient (Wildman–Crippen LogP) is 1.51. The van der Waals surface area contributed by atoms with Gasteiger partial charge in [0.1, 0.15) is 5.54 Å². The number of rotatable bonds is 2. The Labute approximate surface area is 115 Å². The second-order valence-electron chi connectivity index (χ2n) is 5.77. The normalized spacial score (nSPS) is 18.9. The number of nitrogens with zero attached hydrogens (tertiary/aromatic N) is 2. The van der Waals surface area contributed by atoms with Crippen molar-refractivity contribution in [3.8, 4) is 0 Å². The SMILES string of the molecule is Cc1ccc(CN)c(N2CCN(C)C(=O)C2(C)C)c1. The van der Waals surface area contributed by atoms with Gasteiger partial charge in [-0.2, -0.15) is 0 Å². The molecule has 19 heavy (non-hydrogen) atoms. The highest BCUT2D eigenvalue weighted by Gasteiger charge is 2.41. The number of nitrogens with two attached hydrogens (primary N) is 1. The van der Waals surface area contributed by atoms with Crippen LogP contribution in [-0.4, -0.2) is 36.5 Å². The predicted molar refractivity (Wildman–Crippen MR) is 78.1 cm³/mol. The molecule has 2 rings (SSSR count). The van der Waals surface area contributed by atoms with Crippen LogP contribution in [0.5, 0.6) is 0 Å². The van der Waals surface area contributed by atoms with Gasteiger partial charge >= 0.3 is 0 Å². The molecule has 0 unspecified atom stereocenters. The third-order valence-electron chi connectivity index (χ3n) is 3.96. The molecular weight excluding hydrogens is 238 g/mol. The van der Waals surface area contributed by atoms with Crippen molar-refractivity contribution in [2.45, 2.75) is 32.9 Å². The van der Waals surface area contributed by atoms with Gasteiger partial charge in [-0.1, -0.05) is 12.1 Å². The summed E-state index contributed by atoms with van der Waals surface area (Å²) >= 11 is 0. The monoisotopic (exact) mass is 261 g/mol. The Morgan fingerprint density at radius 3 is 2.63 bits per heavy atom. The fourth-order valence-corrected chi connectivity index (χ4v) is 2.73. The minimum absolute atomic E-state index is 0.156. The number of anilines is 1. The molecule has 1 aromatic carbocycles. The van der Waals surface area contributed by atoms with Crippen LogP contribution < -0.4 is 10.6 Å². The maximum atomic E-state index is 12.4. The van der Waals surface area contributed by atoms with E-state index in [1.165, 1.54) is 5.56 Å². The van der Waals surface area contributed by atoms with E-state index in [2.05, 4.69) is 30.0 Å². The number of hydrogen-bond acceptors (Lipinski definition) is 3. The molecule has 4 nitrogen and oxygen atoms in total. The minimum Gasteiger partial charge on any atom is -0.355 e. The zero-order valence-electron chi connectivity index (χ0n) is 12.2. The summed E-state index contributed by atoms with van der Waals surface area (Å²) in [5.41, 5.74) is 8.69. The van der Waals surface area contributed by atoms with Crippen LogP contribution in [0.3, 0.4) is 0 Å². The number of likely N-dealkylation sites (N-methyl/N-ethyl adjacent to an activating group) is 1. The Balaban J connectivity index is 2.46. The molecular formula is C15H23N3O. The lowest BCUT2D eigenvalue weighted by Crippen LogP contribution is -2.62. The highest BCUT2D eigenvalue weighted by Crippen LogP contribution is 2.31. The van der Waals surface area contributed by atoms with E-state index in [1.807, 2.05) is 20.9 Å². The highest BCUT2D eigenvalue weighted by atomic mass is 16.2. The lowest BCUT2D eigenvalue weighted by Gasteiger charge is -2.46. The van der Waals surface area contributed by atoms with Crippen molar-refractivity contribution in [2.24, 2.45) is 5.73 Å². The average molecular weight is 261 g/mol. The molecule has 0 aliphatic carbocycles. The molecule has 0 aromatic heterocycles. The number of benzene rings is 1. The van der Waals surface area contributed by atoms with Crippen molar-refractivity contribution in [2.75, 3.05) is 25.0 Å². The molecule has 4 heteroatoms. The summed E-state index contributed by atoms with van der Waals surface area (Å²) < 4.78 is 0. The van der Waals surface area contributed by atoms with Crippen LogP contribution in [0, 0.1) is 6.92 Å². The fourth-order valence-electron chi connectivity index (χ4n) is 2.73. The van der Waals surface area contributed by atoms with Gasteiger partial charge in [-0.25, -0.2) is 0 Å². The topological polar surface area (TPSA) is 49.6 Å². The second-order valence-corrected chi connectivity index (χ2v) is 5.77. The van der Waals surface area contributed by atoms with Gasteiger partial charge in [0.25, 0.3) is 0 Å². The first-order valence-corrected chi connectivity index (χ1v) is 6.70. The number of carbonyl (C=O) groups excluding carboxylic acids is 1. The van der Waals surface area contributed by atoms with Gasteiger partial charge in [0.2, 0.25) is 5.91 Å². The van der Waals surface area contributed by atoms with Gasteiger partial charge in [-0.05, 0) is 38.0 Å². The molecule has 0 radical (unpaired) electrons. The van der Waals surface area contributed by atoms with Crippen LogP contribution in [0.4, 0.5) is 5.69 Å². The van der Waals surface area contributed by atoms with Crippen LogP contribution in [0.1, 0.15) is 25.0 Å². The van der Waals surface area contributed by atoms with Crippen LogP contribution in [0.2, 0.25) is 0 Å². The maximum absolute atomic E-state index is 12.4. The van der Waals surface area contributed by atoms with Gasteiger partial charge in [-0.15, -0.1) is 0 Å². The maximum Gasteiger partial charge on any atom is 0.247 e. The molecule has 0 spiro atoms. The van der Waals surface area contributed by atoms with E-state index in [4.69, 9.17) is 5.73 Å². The van der Waals surface area contributed by atoms with E-state index < -0.39 is 5.54 Å². The molecule has 1 aliphatic heterocycles. The van der Waals surface area contributed by atoms with E-state index in [1.54, 1.807) is 4.90 Å². The summed E-state index contributed by atoms with van der Waals surface area (Å²) in [4.78, 5) is 16.4. The molecule has 1 saturated heterocycles. The lowest BCUT2D eigenvalue weighted by molar-refractivity contribution is -0.136. The van der Waals surface area contributed by atoms with Gasteiger partial charge in [0.05, 0.1) is 0 Å². The summed E-state index contributed by atoms with van der Waals surface area (Å²) in [7, 11) is 1.86. The molecule has 1 heterocycles. The van der Waals surface area contributed by atoms with E-state index in [-0.39, 0.29) is 5.91 Å². The minimum atomic E-state index is -0.523. The quantitative estimate of drug-likeness (QED) is 0.878. The van der Waals surface area contributed by atoms with Crippen LogP contribution >= 0.6 is 0 Å². The van der Waals surface area contributed by atoms with Crippen molar-refractivity contribution in [1.29, 1.82) is 0 Å². The van der Waals surface area contributed by atoms with Gasteiger partial charge in [0, 0.05) is 32.4 Å². The van der Waals surface area contributed by atoms with Crippen molar-refractivity contribution in [3.63, 3.8) is 0 Å². The smallest absolute Gasteiger partial charge is 0.247 e. The molecule has 0 saturated carbocycles. The summed E-state index contributed by atoms with van der Waals surface area (Å²) in [6.07, 6.45) is 0. The average Bonchev–Trinajstić information content (AvgIpc) is 2.36. The largest absolute Gasteiger partial charge is 0.355 e. The summed E-state index contributed by atoms with van der Waals surface area (Å²) in [5.74, 6) is 0.156. The zero-order chi connectivity index (χ0) is 14.2. The number of carbonyl (C=O) groups is 1. The molecule has 1 aromatic rings. The molecule has 2 N–H and O–H groups in total. The summed E-state index contributed by atoms with van der Waals surface area (Å²) in [6.45, 7) is 8.11. The lowest BCUT2D eigenvalue weighted by atomic mass is 9.95. The van der Waals surface area contributed by atoms with Crippen molar-refractivity contribution in [3.05, 3.63) is 29.3 Å². The molecule has 104 valence electrons. The van der Waals surface area contributed by atoms with Gasteiger partial charge < -0.3 is 15.5 Å². The van der Waals surface area contributed by atoms with Gasteiger partial charge in [0.15, 0.2) is 0 Å². The second kappa shape index (κ2) is 4.85. The van der Waals surface area contributed by atoms with E-state index in [0.717, 1.165) is 24.3 Å². The van der Waals surface area contributed by atoms with E-state index in [0.29, 0.717) is 6.54 Å². The van der Waals surface area contributed by atoms with Crippen molar-refractivity contribution >= 4 is 11.6 Å². The molecule has 1 aliphatic rings. The number of hydrogen-bond donors (Lipinski definition) is 1. The van der Waals surface area contributed by atoms with E-state index in [9.17, 15) is 4.79 Å². The standard InChI is InChI=1S/C15H23N3O/c1-11-5-6-12(10-16)13(9-11)18-8-7-17(4)14(19)15(18,2)3/h5-6,9H,7-8,10,16H2,1-4H3. The fraction of sp³-hybridized carbons (Fsp3) is 0.533. The van der Waals surface area contributed by atoms with Crippen LogP contribution in [0.15, 0.2) is 18.2 Å². The van der Waals surface area contributed by atoms with Crippen LogP contribution in [-0.2, 0) is 11.3 Å². The molecule has 1 amide bonds. The Bertz CT molecular complexity index is 496. The van der Waals surface area contributed by atoms with E-state index >= 15 is 0 Å². The third-order valence-corrected chi connectivity index (χ3v) is 3.96. The summed E-state index contributed by atoms with van der Waals surface area (Å²) in [6, 6.07) is 6.25. The Morgan fingerprint density at radius 1 is 1.32 bits per heavy atom. The third kappa shape index (κ3) is 2.32. The van der Waals surface area contributed by atoms with Gasteiger partial charge in [-0.3, -0.25) is 4.79 Å². The number of aryl methyl sites for hydroxylation is 1. The summed E-state index contributed by atoms with van der Waals surface area (Å²) in [5, 5.41) is 0.